The number of unbranched alkanes of at least 4 members (excludes halogenated alkanes) is 11. The van der Waals surface area contributed by atoms with Gasteiger partial charge >= 0.3 is 5.97 Å². The minimum atomic E-state index is -0.560. The van der Waals surface area contributed by atoms with E-state index >= 15 is 0 Å². The van der Waals surface area contributed by atoms with Crippen LogP contribution in [0.15, 0.2) is 12.2 Å². The Morgan fingerprint density at radius 3 is 2.07 bits per heavy atom. The predicted molar refractivity (Wildman–Crippen MR) is 161 cm³/mol. The first-order valence-electron chi connectivity index (χ1n) is 16.3. The van der Waals surface area contributed by atoms with Crippen LogP contribution in [0.2, 0.25) is 0 Å². The van der Waals surface area contributed by atoms with E-state index in [0.717, 1.165) is 25.7 Å². The average molecular weight is 605 g/mol. The monoisotopic (exact) mass is 604 g/mol. The molecule has 248 valence electrons. The zero-order chi connectivity index (χ0) is 30.5. The molecule has 1 saturated heterocycles. The van der Waals surface area contributed by atoms with Gasteiger partial charge in [0.2, 0.25) is 0 Å². The average Bonchev–Trinajstić information content (AvgIpc) is 3.40. The Bertz CT molecular complexity index is 632. The fraction of sp³-hybridized carbons (Fsp3) is 0.906. The summed E-state index contributed by atoms with van der Waals surface area (Å²) in [7, 11) is 0. The molecule has 0 amide bonds. The van der Waals surface area contributed by atoms with E-state index < -0.39 is 24.4 Å². The molecule has 1 heterocycles. The lowest BCUT2D eigenvalue weighted by atomic mass is 10.1. The fourth-order valence-electron chi connectivity index (χ4n) is 4.93. The van der Waals surface area contributed by atoms with Crippen molar-refractivity contribution in [2.24, 2.45) is 0 Å². The van der Waals surface area contributed by atoms with Gasteiger partial charge in [0.05, 0.1) is 59.5 Å². The SMILES string of the molecule is CCCCCCCC/C=C\CCCCCCCC(=O)OCCOC[C@H](OCCO)[C@@H]1OC[C@H](OCCO)[C@@H]1OCCO. The summed E-state index contributed by atoms with van der Waals surface area (Å²) in [6.07, 6.45) is 18.8. The molecule has 4 atom stereocenters. The number of esters is 1. The van der Waals surface area contributed by atoms with Crippen molar-refractivity contribution in [2.75, 3.05) is 66.1 Å². The lowest BCUT2D eigenvalue weighted by Gasteiger charge is -2.29. The highest BCUT2D eigenvalue weighted by Crippen LogP contribution is 2.25. The second kappa shape index (κ2) is 28.6. The minimum absolute atomic E-state index is 0.0910. The number of rotatable bonds is 30. The predicted octanol–water partition coefficient (Wildman–Crippen LogP) is 4.12. The number of carbonyl (C=O) groups is 1. The Morgan fingerprint density at radius 2 is 1.40 bits per heavy atom. The largest absolute Gasteiger partial charge is 0.463 e. The lowest BCUT2D eigenvalue weighted by Crippen LogP contribution is -2.45. The third kappa shape index (κ3) is 20.0. The van der Waals surface area contributed by atoms with Gasteiger partial charge in [-0.25, -0.2) is 0 Å². The van der Waals surface area contributed by atoms with E-state index in [1.54, 1.807) is 0 Å². The molecular formula is C32H60O10. The Labute approximate surface area is 254 Å². The van der Waals surface area contributed by atoms with Crippen molar-refractivity contribution in [2.45, 2.75) is 121 Å². The standard InChI is InChI=1S/C32H60O10/c1-2-3-4-5-6-7-8-9-10-11-12-13-14-15-16-17-30(36)40-25-24-37-26-28(38-21-18-33)32-31(41-23-20-35)29(27-42-32)39-22-19-34/h9-10,28-29,31-35H,2-8,11-27H2,1H3/b10-9-/t28-,29-,31-,32-/m0/s1. The summed E-state index contributed by atoms with van der Waals surface area (Å²) in [5, 5.41) is 27.5. The summed E-state index contributed by atoms with van der Waals surface area (Å²) in [4.78, 5) is 12.1. The van der Waals surface area contributed by atoms with E-state index in [-0.39, 0.29) is 72.0 Å². The van der Waals surface area contributed by atoms with Gasteiger partial charge in [-0.05, 0) is 32.1 Å². The van der Waals surface area contributed by atoms with Crippen molar-refractivity contribution in [3.63, 3.8) is 0 Å². The van der Waals surface area contributed by atoms with E-state index in [0.29, 0.717) is 6.42 Å². The molecule has 1 aliphatic rings. The van der Waals surface area contributed by atoms with Gasteiger partial charge in [-0.3, -0.25) is 4.79 Å². The topological polar surface area (TPSA) is 133 Å². The molecular weight excluding hydrogens is 544 g/mol. The zero-order valence-corrected chi connectivity index (χ0v) is 26.1. The van der Waals surface area contributed by atoms with Crippen LogP contribution in [0.4, 0.5) is 0 Å². The van der Waals surface area contributed by atoms with E-state index in [1.807, 2.05) is 0 Å². The summed E-state index contributed by atoms with van der Waals surface area (Å²) in [6.45, 7) is 2.87. The van der Waals surface area contributed by atoms with E-state index in [1.165, 1.54) is 57.8 Å². The van der Waals surface area contributed by atoms with Gasteiger partial charge < -0.3 is 43.7 Å². The molecule has 0 bridgehead atoms. The molecule has 3 N–H and O–H groups in total. The number of aliphatic hydroxyl groups excluding tert-OH is 3. The van der Waals surface area contributed by atoms with Crippen molar-refractivity contribution in [1.82, 2.24) is 0 Å². The molecule has 42 heavy (non-hydrogen) atoms. The molecule has 1 rings (SSSR count). The van der Waals surface area contributed by atoms with Gasteiger partial charge in [0.1, 0.15) is 31.0 Å². The van der Waals surface area contributed by atoms with E-state index in [9.17, 15) is 15.0 Å². The number of carbonyl (C=O) groups excluding carboxylic acids is 1. The number of allylic oxidation sites excluding steroid dienone is 2. The Kier molecular flexibility index (Phi) is 26.5. The Hall–Kier alpha value is -1.11. The van der Waals surface area contributed by atoms with Gasteiger partial charge in [0.25, 0.3) is 0 Å². The molecule has 0 aromatic rings. The number of aliphatic hydroxyl groups is 3. The molecule has 0 aliphatic carbocycles. The van der Waals surface area contributed by atoms with Crippen molar-refractivity contribution < 1.29 is 48.5 Å². The second-order valence-electron chi connectivity index (χ2n) is 10.8. The van der Waals surface area contributed by atoms with Crippen molar-refractivity contribution >= 4 is 5.97 Å². The first kappa shape index (κ1) is 38.9. The summed E-state index contributed by atoms with van der Waals surface area (Å²) in [6, 6.07) is 0. The maximum Gasteiger partial charge on any atom is 0.305 e. The zero-order valence-electron chi connectivity index (χ0n) is 26.1. The highest BCUT2D eigenvalue weighted by Gasteiger charge is 2.44. The summed E-state index contributed by atoms with van der Waals surface area (Å²) in [5.74, 6) is -0.218. The minimum Gasteiger partial charge on any atom is -0.463 e. The second-order valence-corrected chi connectivity index (χ2v) is 10.8. The smallest absolute Gasteiger partial charge is 0.305 e. The van der Waals surface area contributed by atoms with Crippen molar-refractivity contribution in [1.29, 1.82) is 0 Å². The highest BCUT2D eigenvalue weighted by atomic mass is 16.6. The third-order valence-corrected chi connectivity index (χ3v) is 7.17. The van der Waals surface area contributed by atoms with E-state index in [4.69, 9.17) is 33.5 Å². The molecule has 10 nitrogen and oxygen atoms in total. The third-order valence-electron chi connectivity index (χ3n) is 7.17. The first-order chi connectivity index (χ1) is 20.7. The molecule has 0 aromatic heterocycles. The summed E-state index contributed by atoms with van der Waals surface area (Å²) < 4.78 is 34.0. The number of ether oxygens (including phenoxy) is 6. The van der Waals surface area contributed by atoms with Crippen LogP contribution in [0.3, 0.4) is 0 Å². The summed E-state index contributed by atoms with van der Waals surface area (Å²) >= 11 is 0. The lowest BCUT2D eigenvalue weighted by molar-refractivity contribution is -0.149. The van der Waals surface area contributed by atoms with Gasteiger partial charge in [0, 0.05) is 6.42 Å². The van der Waals surface area contributed by atoms with E-state index in [2.05, 4.69) is 19.1 Å². The van der Waals surface area contributed by atoms with Crippen molar-refractivity contribution in [3.8, 4) is 0 Å². The molecule has 1 fully saturated rings. The molecule has 0 radical (unpaired) electrons. The van der Waals surface area contributed by atoms with Gasteiger partial charge in [-0.1, -0.05) is 70.4 Å². The molecule has 0 spiro atoms. The highest BCUT2D eigenvalue weighted by molar-refractivity contribution is 5.69. The maximum atomic E-state index is 12.1. The molecule has 0 saturated carbocycles. The molecule has 0 unspecified atom stereocenters. The normalized spacial score (nSPS) is 19.6. The van der Waals surface area contributed by atoms with Gasteiger partial charge in [-0.2, -0.15) is 0 Å². The number of hydrogen-bond acceptors (Lipinski definition) is 10. The van der Waals surface area contributed by atoms with Crippen LogP contribution in [0.5, 0.6) is 0 Å². The van der Waals surface area contributed by atoms with Crippen LogP contribution in [0.25, 0.3) is 0 Å². The van der Waals surface area contributed by atoms with Gasteiger partial charge in [-0.15, -0.1) is 0 Å². The fourth-order valence-corrected chi connectivity index (χ4v) is 4.93. The van der Waals surface area contributed by atoms with Crippen LogP contribution < -0.4 is 0 Å². The van der Waals surface area contributed by atoms with Crippen molar-refractivity contribution in [3.05, 3.63) is 12.2 Å². The van der Waals surface area contributed by atoms with Crippen LogP contribution in [-0.4, -0.2) is 112 Å². The number of hydrogen-bond donors (Lipinski definition) is 3. The molecule has 0 aromatic carbocycles. The quantitative estimate of drug-likeness (QED) is 0.0625. The Balaban J connectivity index is 2.13. The molecule has 10 heteroatoms. The Morgan fingerprint density at radius 1 is 0.786 bits per heavy atom. The van der Waals surface area contributed by atoms with Crippen LogP contribution >= 0.6 is 0 Å². The summed E-state index contributed by atoms with van der Waals surface area (Å²) in [5.41, 5.74) is 0. The molecule has 1 aliphatic heterocycles. The first-order valence-corrected chi connectivity index (χ1v) is 16.3. The van der Waals surface area contributed by atoms with Crippen LogP contribution in [0.1, 0.15) is 96.8 Å². The van der Waals surface area contributed by atoms with Crippen LogP contribution in [-0.2, 0) is 33.2 Å². The van der Waals surface area contributed by atoms with Gasteiger partial charge in [0.15, 0.2) is 0 Å². The van der Waals surface area contributed by atoms with Crippen LogP contribution in [0, 0.1) is 0 Å². The maximum absolute atomic E-state index is 12.1.